The summed E-state index contributed by atoms with van der Waals surface area (Å²) in [7, 11) is 0. The minimum absolute atomic E-state index is 0.185. The minimum Gasteiger partial charge on any atom is -0.492 e. The zero-order chi connectivity index (χ0) is 7.98. The van der Waals surface area contributed by atoms with Gasteiger partial charge in [-0.05, 0) is 6.92 Å². The van der Waals surface area contributed by atoms with E-state index in [4.69, 9.17) is 21.9 Å². The molecule has 0 saturated carbocycles. The van der Waals surface area contributed by atoms with Gasteiger partial charge >= 0.3 is 0 Å². The van der Waals surface area contributed by atoms with Crippen molar-refractivity contribution < 1.29 is 4.74 Å². The van der Waals surface area contributed by atoms with Gasteiger partial charge in [-0.3, -0.25) is 0 Å². The summed E-state index contributed by atoms with van der Waals surface area (Å²) in [5.41, 5.74) is 15.5. The largest absolute Gasteiger partial charge is 0.492 e. The van der Waals surface area contributed by atoms with Gasteiger partial charge in [0.1, 0.15) is 5.76 Å². The van der Waals surface area contributed by atoms with Crippen molar-refractivity contribution >= 4 is 0 Å². The first-order valence-corrected chi connectivity index (χ1v) is 2.98. The maximum atomic E-state index is 5.16. The lowest BCUT2D eigenvalue weighted by atomic mass is 10.5. The lowest BCUT2D eigenvalue weighted by molar-refractivity contribution is 0.241. The number of rotatable bonds is 3. The zero-order valence-electron chi connectivity index (χ0n) is 6.00. The maximum absolute atomic E-state index is 5.16. The quantitative estimate of drug-likeness (QED) is 0.370. The van der Waals surface area contributed by atoms with Crippen molar-refractivity contribution in [3.8, 4) is 0 Å². The van der Waals surface area contributed by atoms with Crippen LogP contribution in [0.1, 0.15) is 6.92 Å². The van der Waals surface area contributed by atoms with E-state index in [9.17, 15) is 0 Å². The molecule has 4 nitrogen and oxygen atoms in total. The van der Waals surface area contributed by atoms with Crippen LogP contribution in [0.3, 0.4) is 0 Å². The minimum atomic E-state index is 0.185. The third-order valence-electron chi connectivity index (χ3n) is 0.784. The van der Waals surface area contributed by atoms with E-state index in [1.165, 1.54) is 12.3 Å². The molecule has 0 aromatic heterocycles. The molecule has 0 unspecified atom stereocenters. The molecule has 0 aliphatic heterocycles. The third-order valence-corrected chi connectivity index (χ3v) is 0.784. The van der Waals surface area contributed by atoms with Gasteiger partial charge in [-0.1, -0.05) is 0 Å². The van der Waals surface area contributed by atoms with Crippen molar-refractivity contribution in [2.24, 2.45) is 17.2 Å². The second-order valence-corrected chi connectivity index (χ2v) is 1.65. The second-order valence-electron chi connectivity index (χ2n) is 1.65. The normalized spacial score (nSPS) is 10.7. The highest BCUT2D eigenvalue weighted by Gasteiger charge is 1.89. The monoisotopic (exact) mass is 143 g/mol. The Bertz CT molecular complexity index is 147. The first-order chi connectivity index (χ1) is 4.70. The Morgan fingerprint density at radius 1 is 1.50 bits per heavy atom. The topological polar surface area (TPSA) is 87.3 Å². The molecular weight excluding hydrogens is 130 g/mol. The van der Waals surface area contributed by atoms with E-state index in [0.29, 0.717) is 12.4 Å². The summed E-state index contributed by atoms with van der Waals surface area (Å²) in [5, 5.41) is 0. The molecule has 0 saturated heterocycles. The molecule has 4 heteroatoms. The van der Waals surface area contributed by atoms with Crippen molar-refractivity contribution in [3.05, 3.63) is 23.9 Å². The van der Waals surface area contributed by atoms with Crippen LogP contribution in [-0.4, -0.2) is 6.61 Å². The van der Waals surface area contributed by atoms with E-state index in [1.807, 2.05) is 6.92 Å². The summed E-state index contributed by atoms with van der Waals surface area (Å²) in [6.45, 7) is 2.40. The average Bonchev–Trinajstić information content (AvgIpc) is 1.86. The number of nitrogens with two attached hydrogens (primary N) is 3. The zero-order valence-corrected chi connectivity index (χ0v) is 6.00. The highest BCUT2D eigenvalue weighted by molar-refractivity contribution is 5.13. The molecule has 0 fully saturated rings. The van der Waals surface area contributed by atoms with Gasteiger partial charge in [0.25, 0.3) is 0 Å². The summed E-state index contributed by atoms with van der Waals surface area (Å²) >= 11 is 0. The van der Waals surface area contributed by atoms with Crippen molar-refractivity contribution in [1.29, 1.82) is 0 Å². The smallest absolute Gasteiger partial charge is 0.138 e. The van der Waals surface area contributed by atoms with Crippen LogP contribution in [0.2, 0.25) is 0 Å². The molecule has 0 heterocycles. The van der Waals surface area contributed by atoms with Crippen LogP contribution in [0.4, 0.5) is 0 Å². The second kappa shape index (κ2) is 4.55. The predicted molar refractivity (Wildman–Crippen MR) is 40.4 cm³/mol. The van der Waals surface area contributed by atoms with Crippen molar-refractivity contribution in [1.82, 2.24) is 0 Å². The SMILES string of the molecule is CCOC(C=C(N)N)=CN. The Balaban J connectivity index is 3.98. The molecule has 0 aromatic rings. The molecular formula is C6H13N3O. The van der Waals surface area contributed by atoms with E-state index >= 15 is 0 Å². The fourth-order valence-corrected chi connectivity index (χ4v) is 0.469. The molecule has 0 aliphatic carbocycles. The van der Waals surface area contributed by atoms with Gasteiger partial charge in [0, 0.05) is 12.3 Å². The van der Waals surface area contributed by atoms with Crippen LogP contribution in [-0.2, 0) is 4.74 Å². The Hall–Kier alpha value is -1.32. The summed E-state index contributed by atoms with van der Waals surface area (Å²) in [6.07, 6.45) is 2.77. The molecule has 58 valence electrons. The standard InChI is InChI=1S/C6H13N3O/c1-2-10-5(4-7)3-6(8)9/h3-4H,2,7-9H2,1H3. The molecule has 0 aliphatic rings. The highest BCUT2D eigenvalue weighted by atomic mass is 16.5. The Labute approximate surface area is 60.3 Å². The molecule has 0 radical (unpaired) electrons. The average molecular weight is 143 g/mol. The summed E-state index contributed by atoms with van der Waals surface area (Å²) in [5.74, 6) is 0.674. The van der Waals surface area contributed by atoms with Crippen LogP contribution >= 0.6 is 0 Å². The van der Waals surface area contributed by atoms with Gasteiger partial charge < -0.3 is 21.9 Å². The molecule has 10 heavy (non-hydrogen) atoms. The summed E-state index contributed by atoms with van der Waals surface area (Å²) < 4.78 is 5.00. The van der Waals surface area contributed by atoms with E-state index < -0.39 is 0 Å². The van der Waals surface area contributed by atoms with E-state index in [-0.39, 0.29) is 5.82 Å². The van der Waals surface area contributed by atoms with Gasteiger partial charge in [-0.2, -0.15) is 0 Å². The van der Waals surface area contributed by atoms with Crippen LogP contribution in [0.25, 0.3) is 0 Å². The number of hydrogen-bond acceptors (Lipinski definition) is 4. The number of allylic oxidation sites excluding steroid dienone is 1. The van der Waals surface area contributed by atoms with Crippen molar-refractivity contribution in [2.75, 3.05) is 6.61 Å². The van der Waals surface area contributed by atoms with Gasteiger partial charge in [0.15, 0.2) is 0 Å². The van der Waals surface area contributed by atoms with Gasteiger partial charge in [-0.25, -0.2) is 0 Å². The van der Waals surface area contributed by atoms with Crippen LogP contribution in [0.15, 0.2) is 23.9 Å². The molecule has 0 amide bonds. The van der Waals surface area contributed by atoms with Crippen molar-refractivity contribution in [2.45, 2.75) is 6.92 Å². The highest BCUT2D eigenvalue weighted by Crippen LogP contribution is 1.96. The molecule has 0 spiro atoms. The number of ether oxygens (including phenoxy) is 1. The van der Waals surface area contributed by atoms with E-state index in [1.54, 1.807) is 0 Å². The molecule has 6 N–H and O–H groups in total. The molecule has 0 bridgehead atoms. The fraction of sp³-hybridized carbons (Fsp3) is 0.333. The molecule has 0 atom stereocenters. The molecule has 0 aromatic carbocycles. The first-order valence-electron chi connectivity index (χ1n) is 2.98. The van der Waals surface area contributed by atoms with Gasteiger partial charge in [0.05, 0.1) is 12.4 Å². The lowest BCUT2D eigenvalue weighted by Crippen LogP contribution is -2.09. The Morgan fingerprint density at radius 2 is 2.10 bits per heavy atom. The van der Waals surface area contributed by atoms with Crippen LogP contribution in [0, 0.1) is 0 Å². The van der Waals surface area contributed by atoms with Crippen molar-refractivity contribution in [3.63, 3.8) is 0 Å². The fourth-order valence-electron chi connectivity index (χ4n) is 0.469. The maximum Gasteiger partial charge on any atom is 0.138 e. The summed E-state index contributed by atoms with van der Waals surface area (Å²) in [4.78, 5) is 0. The van der Waals surface area contributed by atoms with E-state index in [0.717, 1.165) is 0 Å². The first kappa shape index (κ1) is 8.68. The van der Waals surface area contributed by atoms with E-state index in [2.05, 4.69) is 0 Å². The van der Waals surface area contributed by atoms with Gasteiger partial charge in [0.2, 0.25) is 0 Å². The third kappa shape index (κ3) is 3.65. The predicted octanol–water partition coefficient (Wildman–Crippen LogP) is -0.418. The van der Waals surface area contributed by atoms with Crippen LogP contribution < -0.4 is 17.2 Å². The van der Waals surface area contributed by atoms with Crippen LogP contribution in [0.5, 0.6) is 0 Å². The Morgan fingerprint density at radius 3 is 2.40 bits per heavy atom. The lowest BCUT2D eigenvalue weighted by Gasteiger charge is -2.01. The van der Waals surface area contributed by atoms with Gasteiger partial charge in [-0.15, -0.1) is 0 Å². The number of hydrogen-bond donors (Lipinski definition) is 3. The summed E-state index contributed by atoms with van der Waals surface area (Å²) in [6, 6.07) is 0. The Kier molecular flexibility index (Phi) is 3.95. The molecule has 0 rings (SSSR count).